The van der Waals surface area contributed by atoms with Gasteiger partial charge in [0.25, 0.3) is 0 Å². The topological polar surface area (TPSA) is 131 Å². The van der Waals surface area contributed by atoms with Crippen LogP contribution >= 0.6 is 7.82 Å². The van der Waals surface area contributed by atoms with Gasteiger partial charge in [0.15, 0.2) is 6.04 Å². The number of hydrogen-bond donors (Lipinski definition) is 3. The number of carboxylic acids is 1. The number of hydrogen-bond acceptors (Lipinski definition) is 6. The van der Waals surface area contributed by atoms with E-state index < -0.39 is 32.5 Å². The molecule has 0 spiro atoms. The number of amides is 1. The van der Waals surface area contributed by atoms with Gasteiger partial charge in [-0.3, -0.25) is 9.05 Å². The zero-order valence-corrected chi connectivity index (χ0v) is 20.2. The second kappa shape index (κ2) is 10.7. The Morgan fingerprint density at radius 2 is 1.59 bits per heavy atom. The van der Waals surface area contributed by atoms with E-state index in [1.165, 1.54) is 0 Å². The number of aliphatic carboxylic acids is 1. The summed E-state index contributed by atoms with van der Waals surface area (Å²) in [7, 11) is 1.15. The van der Waals surface area contributed by atoms with E-state index in [9.17, 15) is 24.2 Å². The molecule has 0 aromatic heterocycles. The Hall–Kier alpha value is -2.75. The van der Waals surface area contributed by atoms with E-state index in [1.807, 2.05) is 69.7 Å². The molecule has 0 aliphatic heterocycles. The highest BCUT2D eigenvalue weighted by Crippen LogP contribution is 2.45. The Labute approximate surface area is 198 Å². The Balaban J connectivity index is 1.55. The lowest BCUT2D eigenvalue weighted by Gasteiger charge is -2.24. The minimum absolute atomic E-state index is 0.000284. The van der Waals surface area contributed by atoms with Gasteiger partial charge in [-0.2, -0.15) is 0 Å². The van der Waals surface area contributed by atoms with E-state index in [1.54, 1.807) is 0 Å². The van der Waals surface area contributed by atoms with Crippen molar-refractivity contribution in [2.45, 2.75) is 12.0 Å². The average Bonchev–Trinajstić information content (AvgIpc) is 3.08. The van der Waals surface area contributed by atoms with Gasteiger partial charge in [-0.15, -0.1) is 0 Å². The Morgan fingerprint density at radius 1 is 1.03 bits per heavy atom. The predicted molar refractivity (Wildman–Crippen MR) is 124 cm³/mol. The van der Waals surface area contributed by atoms with Crippen molar-refractivity contribution in [1.29, 1.82) is 0 Å². The molecule has 11 heteroatoms. The van der Waals surface area contributed by atoms with Crippen molar-refractivity contribution < 1.29 is 42.4 Å². The summed E-state index contributed by atoms with van der Waals surface area (Å²) in [6.07, 6.45) is -0.975. The summed E-state index contributed by atoms with van der Waals surface area (Å²) >= 11 is 0. The average molecular weight is 493 g/mol. The standard InChI is InChI=1S/C23H29N2O8P/c1-25(2,3)12-13-32-34(29,30)33-15-21(22(26)27)24-23(28)31-14-20-18-10-6-4-8-16(18)17-9-5-7-11-19(17)20/h4-11,20-21H,12-15H2,1-3H3,(H2-,24,26,27,28,29,30)/p+1/t21-/m0/s1. The third kappa shape index (κ3) is 6.88. The molecule has 2 aromatic rings. The van der Waals surface area contributed by atoms with Crippen molar-refractivity contribution in [3.63, 3.8) is 0 Å². The molecule has 0 radical (unpaired) electrons. The van der Waals surface area contributed by atoms with Crippen LogP contribution in [0.2, 0.25) is 0 Å². The largest absolute Gasteiger partial charge is 0.480 e. The fourth-order valence-electron chi connectivity index (χ4n) is 3.59. The lowest BCUT2D eigenvalue weighted by Crippen LogP contribution is -2.44. The maximum atomic E-state index is 12.3. The van der Waals surface area contributed by atoms with E-state index in [-0.39, 0.29) is 19.1 Å². The molecule has 0 saturated carbocycles. The number of phosphoric acid groups is 1. The molecule has 2 atom stereocenters. The van der Waals surface area contributed by atoms with Gasteiger partial charge in [-0.25, -0.2) is 14.2 Å². The van der Waals surface area contributed by atoms with E-state index in [4.69, 9.17) is 13.8 Å². The second-order valence-electron chi connectivity index (χ2n) is 8.97. The minimum atomic E-state index is -4.49. The van der Waals surface area contributed by atoms with Gasteiger partial charge in [0.05, 0.1) is 27.7 Å². The highest BCUT2D eigenvalue weighted by atomic mass is 31.2. The fourth-order valence-corrected chi connectivity index (χ4v) is 4.32. The van der Waals surface area contributed by atoms with Crippen LogP contribution in [0.15, 0.2) is 48.5 Å². The molecular formula is C23H30N2O8P+. The van der Waals surface area contributed by atoms with Crippen LogP contribution in [0.3, 0.4) is 0 Å². The molecule has 3 rings (SSSR count). The number of ether oxygens (including phenoxy) is 1. The van der Waals surface area contributed by atoms with E-state index in [0.29, 0.717) is 11.0 Å². The van der Waals surface area contributed by atoms with Crippen molar-refractivity contribution >= 4 is 19.9 Å². The molecule has 1 amide bonds. The molecule has 0 fully saturated rings. The zero-order chi connectivity index (χ0) is 24.9. The molecule has 0 saturated heterocycles. The number of rotatable bonds is 11. The third-order valence-electron chi connectivity index (χ3n) is 5.35. The monoisotopic (exact) mass is 493 g/mol. The van der Waals surface area contributed by atoms with Gasteiger partial charge >= 0.3 is 19.9 Å². The maximum absolute atomic E-state index is 12.3. The maximum Gasteiger partial charge on any atom is 0.472 e. The summed E-state index contributed by atoms with van der Waals surface area (Å²) < 4.78 is 27.5. The Bertz CT molecular complexity index is 1040. The number of nitrogens with zero attached hydrogens (tertiary/aromatic N) is 1. The van der Waals surface area contributed by atoms with E-state index in [2.05, 4.69) is 5.32 Å². The van der Waals surface area contributed by atoms with Crippen LogP contribution in [-0.2, 0) is 23.1 Å². The van der Waals surface area contributed by atoms with Crippen molar-refractivity contribution in [1.82, 2.24) is 5.32 Å². The van der Waals surface area contributed by atoms with Crippen LogP contribution in [-0.4, -0.2) is 80.1 Å². The van der Waals surface area contributed by atoms with Gasteiger partial charge in [-0.05, 0) is 22.3 Å². The number of alkyl carbamates (subject to hydrolysis) is 1. The first-order valence-electron chi connectivity index (χ1n) is 10.7. The summed E-state index contributed by atoms with van der Waals surface area (Å²) in [5.41, 5.74) is 4.16. The number of phosphoric ester groups is 1. The molecule has 184 valence electrons. The van der Waals surface area contributed by atoms with Crippen LogP contribution < -0.4 is 5.32 Å². The van der Waals surface area contributed by atoms with Crippen molar-refractivity contribution in [3.8, 4) is 11.1 Å². The molecule has 2 aromatic carbocycles. The van der Waals surface area contributed by atoms with Gasteiger partial charge in [-0.1, -0.05) is 48.5 Å². The van der Waals surface area contributed by atoms with Gasteiger partial charge in [0.1, 0.15) is 19.8 Å². The van der Waals surface area contributed by atoms with Crippen molar-refractivity contribution in [2.75, 3.05) is 47.5 Å². The Morgan fingerprint density at radius 3 is 2.12 bits per heavy atom. The van der Waals surface area contributed by atoms with Crippen molar-refractivity contribution in [3.05, 3.63) is 59.7 Å². The lowest BCUT2D eigenvalue weighted by molar-refractivity contribution is -0.870. The van der Waals surface area contributed by atoms with Gasteiger partial charge in [0, 0.05) is 5.92 Å². The number of fused-ring (bicyclic) bond motifs is 3. The van der Waals surface area contributed by atoms with Crippen LogP contribution in [0.4, 0.5) is 4.79 Å². The molecule has 34 heavy (non-hydrogen) atoms. The third-order valence-corrected chi connectivity index (χ3v) is 6.34. The molecule has 3 N–H and O–H groups in total. The summed E-state index contributed by atoms with van der Waals surface area (Å²) in [4.78, 5) is 33.6. The minimum Gasteiger partial charge on any atom is -0.480 e. The normalized spacial score (nSPS) is 15.6. The number of carbonyl (C=O) groups is 2. The molecule has 1 aliphatic carbocycles. The first-order valence-corrected chi connectivity index (χ1v) is 12.2. The smallest absolute Gasteiger partial charge is 0.472 e. The molecule has 10 nitrogen and oxygen atoms in total. The molecular weight excluding hydrogens is 463 g/mol. The lowest BCUT2D eigenvalue weighted by atomic mass is 9.98. The molecule has 1 unspecified atom stereocenters. The number of carboxylic acid groups (broad SMARTS) is 1. The highest BCUT2D eigenvalue weighted by Gasteiger charge is 2.31. The summed E-state index contributed by atoms with van der Waals surface area (Å²) in [6.45, 7) is -0.388. The van der Waals surface area contributed by atoms with Crippen LogP contribution in [0.5, 0.6) is 0 Å². The van der Waals surface area contributed by atoms with Crippen molar-refractivity contribution in [2.24, 2.45) is 0 Å². The Kier molecular flexibility index (Phi) is 8.12. The van der Waals surface area contributed by atoms with E-state index >= 15 is 0 Å². The van der Waals surface area contributed by atoms with Gasteiger partial charge in [0.2, 0.25) is 0 Å². The molecule has 0 bridgehead atoms. The number of likely N-dealkylation sites (N-methyl/N-ethyl adjacent to an activating group) is 1. The number of nitrogens with one attached hydrogen (secondary N) is 1. The predicted octanol–water partition coefficient (Wildman–Crippen LogP) is 2.82. The number of quaternary nitrogens is 1. The molecule has 1 aliphatic rings. The summed E-state index contributed by atoms with van der Waals surface area (Å²) in [5.74, 6) is -1.63. The second-order valence-corrected chi connectivity index (χ2v) is 10.4. The first-order chi connectivity index (χ1) is 16.0. The van der Waals surface area contributed by atoms with Crippen LogP contribution in [0.1, 0.15) is 17.0 Å². The first kappa shape index (κ1) is 25.9. The van der Waals surface area contributed by atoms with Crippen LogP contribution in [0, 0.1) is 0 Å². The molecule has 0 heterocycles. The highest BCUT2D eigenvalue weighted by molar-refractivity contribution is 7.47. The number of benzene rings is 2. The van der Waals surface area contributed by atoms with Crippen LogP contribution in [0.25, 0.3) is 11.1 Å². The summed E-state index contributed by atoms with van der Waals surface area (Å²) in [5, 5.41) is 11.5. The summed E-state index contributed by atoms with van der Waals surface area (Å²) in [6, 6.07) is 14.0. The number of carbonyl (C=O) groups excluding carboxylic acids is 1. The quantitative estimate of drug-likeness (QED) is 0.322. The van der Waals surface area contributed by atoms with Gasteiger partial charge < -0.3 is 24.5 Å². The zero-order valence-electron chi connectivity index (χ0n) is 19.3. The van der Waals surface area contributed by atoms with E-state index in [0.717, 1.165) is 22.3 Å². The fraction of sp³-hybridized carbons (Fsp3) is 0.391. The SMILES string of the molecule is C[N+](C)(C)CCOP(=O)(O)OC[C@H](NC(=O)OCC1c2ccccc2-c2ccccc21)C(=O)O.